The van der Waals surface area contributed by atoms with E-state index in [1.807, 2.05) is 11.8 Å². The summed E-state index contributed by atoms with van der Waals surface area (Å²) < 4.78 is 0. The summed E-state index contributed by atoms with van der Waals surface area (Å²) in [7, 11) is 0. The number of nitrogens with one attached hydrogen (secondary N) is 1. The Morgan fingerprint density at radius 1 is 1.60 bits per heavy atom. The van der Waals surface area contributed by atoms with Crippen LogP contribution in [-0.2, 0) is 0 Å². The maximum atomic E-state index is 8.47. The number of hydrogen-bond donors (Lipinski definition) is 3. The van der Waals surface area contributed by atoms with E-state index in [9.17, 15) is 0 Å². The molecule has 0 aromatic rings. The summed E-state index contributed by atoms with van der Waals surface area (Å²) in [6, 6.07) is 0.310. The van der Waals surface area contributed by atoms with E-state index in [1.54, 1.807) is 0 Å². The molecule has 0 aliphatic carbocycles. The first-order valence-electron chi connectivity index (χ1n) is 5.32. The fraction of sp³-hybridized carbons (Fsp3) is 0.900. The molecule has 0 saturated heterocycles. The monoisotopic (exact) mass is 233 g/mol. The maximum absolute atomic E-state index is 8.47. The zero-order valence-corrected chi connectivity index (χ0v) is 10.7. The van der Waals surface area contributed by atoms with Crippen LogP contribution in [0.1, 0.15) is 26.7 Å². The second-order valence-corrected chi connectivity index (χ2v) is 4.78. The van der Waals surface area contributed by atoms with E-state index < -0.39 is 0 Å². The highest BCUT2D eigenvalue weighted by Gasteiger charge is 2.09. The molecule has 0 fully saturated rings. The molecular formula is C10H23N3OS. The summed E-state index contributed by atoms with van der Waals surface area (Å²) in [6.45, 7) is 5.30. The average molecular weight is 233 g/mol. The van der Waals surface area contributed by atoms with Crippen LogP contribution >= 0.6 is 11.8 Å². The Kier molecular flexibility index (Phi) is 8.61. The molecule has 0 spiro atoms. The third-order valence-electron chi connectivity index (χ3n) is 2.28. The Balaban J connectivity index is 3.79. The largest absolute Gasteiger partial charge is 0.409 e. The number of nitrogens with zero attached hydrogens (tertiary/aromatic N) is 1. The molecule has 0 radical (unpaired) electrons. The van der Waals surface area contributed by atoms with E-state index in [4.69, 9.17) is 10.9 Å². The van der Waals surface area contributed by atoms with Gasteiger partial charge in [0, 0.05) is 12.5 Å². The summed E-state index contributed by atoms with van der Waals surface area (Å²) >= 11 is 1.86. The van der Waals surface area contributed by atoms with Gasteiger partial charge in [0.15, 0.2) is 0 Å². The number of oxime groups is 1. The van der Waals surface area contributed by atoms with E-state index >= 15 is 0 Å². The lowest BCUT2D eigenvalue weighted by atomic mass is 10.1. The molecule has 90 valence electrons. The van der Waals surface area contributed by atoms with E-state index in [2.05, 4.69) is 30.6 Å². The molecule has 0 aliphatic rings. The molecule has 5 heteroatoms. The third kappa shape index (κ3) is 7.50. The quantitative estimate of drug-likeness (QED) is 0.257. The van der Waals surface area contributed by atoms with Gasteiger partial charge in [-0.1, -0.05) is 19.0 Å². The first kappa shape index (κ1) is 14.6. The first-order chi connectivity index (χ1) is 7.13. The summed E-state index contributed by atoms with van der Waals surface area (Å²) in [5, 5.41) is 14.9. The highest BCUT2D eigenvalue weighted by atomic mass is 32.2. The van der Waals surface area contributed by atoms with Crippen molar-refractivity contribution in [3.05, 3.63) is 0 Å². The number of nitrogens with two attached hydrogens (primary N) is 1. The lowest BCUT2D eigenvalue weighted by Crippen LogP contribution is -2.36. The molecule has 0 aromatic heterocycles. The maximum Gasteiger partial charge on any atom is 0.140 e. The summed E-state index contributed by atoms with van der Waals surface area (Å²) in [5.41, 5.74) is 5.47. The van der Waals surface area contributed by atoms with Crippen molar-refractivity contribution in [3.63, 3.8) is 0 Å². The molecule has 0 heterocycles. The van der Waals surface area contributed by atoms with E-state index in [0.717, 1.165) is 18.7 Å². The molecule has 2 atom stereocenters. The fourth-order valence-corrected chi connectivity index (χ4v) is 2.05. The van der Waals surface area contributed by atoms with Gasteiger partial charge in [-0.2, -0.15) is 11.8 Å². The van der Waals surface area contributed by atoms with Crippen LogP contribution in [0.4, 0.5) is 0 Å². The molecule has 4 nitrogen and oxygen atoms in total. The zero-order chi connectivity index (χ0) is 11.7. The van der Waals surface area contributed by atoms with E-state index in [0.29, 0.717) is 24.2 Å². The molecule has 0 aliphatic heterocycles. The Hall–Kier alpha value is -0.420. The van der Waals surface area contributed by atoms with Crippen molar-refractivity contribution in [3.8, 4) is 0 Å². The lowest BCUT2D eigenvalue weighted by molar-refractivity contribution is 0.315. The average Bonchev–Trinajstić information content (AvgIpc) is 2.24. The van der Waals surface area contributed by atoms with Crippen molar-refractivity contribution >= 4 is 17.6 Å². The van der Waals surface area contributed by atoms with Crippen molar-refractivity contribution in [1.82, 2.24) is 5.32 Å². The molecule has 15 heavy (non-hydrogen) atoms. The van der Waals surface area contributed by atoms with Gasteiger partial charge in [0.25, 0.3) is 0 Å². The smallest absolute Gasteiger partial charge is 0.140 e. The number of amidine groups is 1. The van der Waals surface area contributed by atoms with Gasteiger partial charge < -0.3 is 16.3 Å². The normalized spacial score (nSPS) is 16.3. The predicted molar refractivity (Wildman–Crippen MR) is 67.7 cm³/mol. The molecule has 2 unspecified atom stereocenters. The van der Waals surface area contributed by atoms with Crippen LogP contribution in [0.2, 0.25) is 0 Å². The SMILES string of the molecule is CCC(CC(N)=NO)NCC(C)CSC. The minimum Gasteiger partial charge on any atom is -0.409 e. The highest BCUT2D eigenvalue weighted by Crippen LogP contribution is 2.05. The van der Waals surface area contributed by atoms with Gasteiger partial charge in [-0.05, 0) is 30.9 Å². The van der Waals surface area contributed by atoms with Crippen LogP contribution in [0.3, 0.4) is 0 Å². The summed E-state index contributed by atoms with van der Waals surface area (Å²) in [4.78, 5) is 0. The summed E-state index contributed by atoms with van der Waals surface area (Å²) in [5.74, 6) is 2.11. The van der Waals surface area contributed by atoms with Crippen LogP contribution in [0.25, 0.3) is 0 Å². The molecule has 4 N–H and O–H groups in total. The Labute approximate surface area is 96.7 Å². The number of thioether (sulfide) groups is 1. The third-order valence-corrected chi connectivity index (χ3v) is 3.19. The van der Waals surface area contributed by atoms with Crippen LogP contribution in [0, 0.1) is 5.92 Å². The lowest BCUT2D eigenvalue weighted by Gasteiger charge is -2.19. The summed E-state index contributed by atoms with van der Waals surface area (Å²) in [6.07, 6.45) is 3.71. The van der Waals surface area contributed by atoms with Gasteiger partial charge in [-0.25, -0.2) is 0 Å². The molecule has 0 aromatic carbocycles. The van der Waals surface area contributed by atoms with E-state index in [1.165, 1.54) is 0 Å². The minimum atomic E-state index is 0.298. The van der Waals surface area contributed by atoms with Crippen LogP contribution in [0.5, 0.6) is 0 Å². The van der Waals surface area contributed by atoms with Crippen molar-refractivity contribution in [2.45, 2.75) is 32.7 Å². The van der Waals surface area contributed by atoms with Crippen LogP contribution in [-0.4, -0.2) is 35.6 Å². The van der Waals surface area contributed by atoms with Gasteiger partial charge in [0.2, 0.25) is 0 Å². The molecule has 0 rings (SSSR count). The molecule has 0 saturated carbocycles. The minimum absolute atomic E-state index is 0.298. The number of hydrogen-bond acceptors (Lipinski definition) is 4. The van der Waals surface area contributed by atoms with Gasteiger partial charge in [0.1, 0.15) is 5.84 Å². The van der Waals surface area contributed by atoms with Crippen molar-refractivity contribution in [2.24, 2.45) is 16.8 Å². The topological polar surface area (TPSA) is 70.6 Å². The Bertz CT molecular complexity index is 188. The van der Waals surface area contributed by atoms with Crippen LogP contribution < -0.4 is 11.1 Å². The van der Waals surface area contributed by atoms with Crippen LogP contribution in [0.15, 0.2) is 5.16 Å². The molecule has 0 bridgehead atoms. The fourth-order valence-electron chi connectivity index (χ4n) is 1.37. The standard InChI is InChI=1S/C10H23N3OS/c1-4-9(5-10(11)13-14)12-6-8(2)7-15-3/h8-9,12,14H,4-7H2,1-3H3,(H2,11,13). The first-order valence-corrected chi connectivity index (χ1v) is 6.72. The Morgan fingerprint density at radius 3 is 2.73 bits per heavy atom. The van der Waals surface area contributed by atoms with Gasteiger partial charge in [-0.3, -0.25) is 0 Å². The van der Waals surface area contributed by atoms with Crippen molar-refractivity contribution in [1.29, 1.82) is 0 Å². The molecular weight excluding hydrogens is 210 g/mol. The predicted octanol–water partition coefficient (Wildman–Crippen LogP) is 1.49. The second kappa shape index (κ2) is 8.85. The van der Waals surface area contributed by atoms with Crippen molar-refractivity contribution in [2.75, 3.05) is 18.6 Å². The Morgan fingerprint density at radius 2 is 2.27 bits per heavy atom. The zero-order valence-electron chi connectivity index (χ0n) is 9.86. The van der Waals surface area contributed by atoms with Gasteiger partial charge in [-0.15, -0.1) is 0 Å². The molecule has 0 amide bonds. The van der Waals surface area contributed by atoms with E-state index in [-0.39, 0.29) is 0 Å². The highest BCUT2D eigenvalue weighted by molar-refractivity contribution is 7.98. The van der Waals surface area contributed by atoms with Gasteiger partial charge in [0.05, 0.1) is 0 Å². The number of rotatable bonds is 8. The second-order valence-electron chi connectivity index (χ2n) is 3.87. The van der Waals surface area contributed by atoms with Crippen molar-refractivity contribution < 1.29 is 5.21 Å². The van der Waals surface area contributed by atoms with Gasteiger partial charge >= 0.3 is 0 Å².